The third kappa shape index (κ3) is 3.70. The SMILES string of the molecule is CCC(C)NC(=O)C(C)N1CCC(=NO)C(C)C1. The Hall–Kier alpha value is -1.10. The molecule has 3 unspecified atom stereocenters. The van der Waals surface area contributed by atoms with Crippen molar-refractivity contribution in [2.24, 2.45) is 11.1 Å². The smallest absolute Gasteiger partial charge is 0.237 e. The lowest BCUT2D eigenvalue weighted by Crippen LogP contribution is -2.52. The summed E-state index contributed by atoms with van der Waals surface area (Å²) in [5, 5.41) is 15.2. The van der Waals surface area contributed by atoms with Crippen molar-refractivity contribution in [2.75, 3.05) is 13.1 Å². The summed E-state index contributed by atoms with van der Waals surface area (Å²) in [7, 11) is 0. The van der Waals surface area contributed by atoms with Gasteiger partial charge in [0, 0.05) is 31.5 Å². The van der Waals surface area contributed by atoms with E-state index in [-0.39, 0.29) is 23.9 Å². The number of hydrogen-bond donors (Lipinski definition) is 2. The molecule has 1 aliphatic heterocycles. The molecule has 0 aromatic heterocycles. The molecule has 0 spiro atoms. The van der Waals surface area contributed by atoms with E-state index in [1.165, 1.54) is 0 Å². The molecule has 1 saturated heterocycles. The zero-order chi connectivity index (χ0) is 13.7. The van der Waals surface area contributed by atoms with Crippen LogP contribution in [0.4, 0.5) is 0 Å². The van der Waals surface area contributed by atoms with E-state index in [2.05, 4.69) is 22.3 Å². The van der Waals surface area contributed by atoms with E-state index in [1.54, 1.807) is 0 Å². The van der Waals surface area contributed by atoms with Gasteiger partial charge in [0.1, 0.15) is 0 Å². The van der Waals surface area contributed by atoms with Crippen molar-refractivity contribution in [3.63, 3.8) is 0 Å². The first-order valence-corrected chi connectivity index (χ1v) is 6.74. The van der Waals surface area contributed by atoms with Crippen molar-refractivity contribution in [2.45, 2.75) is 52.6 Å². The average molecular weight is 255 g/mol. The first-order valence-electron chi connectivity index (χ1n) is 6.74. The number of likely N-dealkylation sites (tertiary alicyclic amines) is 1. The maximum atomic E-state index is 12.0. The maximum absolute atomic E-state index is 12.0. The first kappa shape index (κ1) is 15.0. The number of nitrogens with zero attached hydrogens (tertiary/aromatic N) is 2. The van der Waals surface area contributed by atoms with E-state index >= 15 is 0 Å². The monoisotopic (exact) mass is 255 g/mol. The van der Waals surface area contributed by atoms with Gasteiger partial charge in [-0.3, -0.25) is 9.69 Å². The number of hydrogen-bond acceptors (Lipinski definition) is 4. The van der Waals surface area contributed by atoms with Gasteiger partial charge in [-0.15, -0.1) is 0 Å². The lowest BCUT2D eigenvalue weighted by Gasteiger charge is -2.35. The topological polar surface area (TPSA) is 64.9 Å². The lowest BCUT2D eigenvalue weighted by atomic mass is 9.96. The fraction of sp³-hybridized carbons (Fsp3) is 0.846. The van der Waals surface area contributed by atoms with Gasteiger partial charge in [-0.2, -0.15) is 0 Å². The van der Waals surface area contributed by atoms with Gasteiger partial charge in [-0.05, 0) is 20.3 Å². The number of oxime groups is 1. The zero-order valence-electron chi connectivity index (χ0n) is 11.8. The summed E-state index contributed by atoms with van der Waals surface area (Å²) < 4.78 is 0. The van der Waals surface area contributed by atoms with Crippen molar-refractivity contribution in [1.82, 2.24) is 10.2 Å². The van der Waals surface area contributed by atoms with Crippen LogP contribution < -0.4 is 5.32 Å². The quantitative estimate of drug-likeness (QED) is 0.590. The third-order valence-corrected chi connectivity index (χ3v) is 3.79. The Morgan fingerprint density at radius 1 is 1.61 bits per heavy atom. The highest BCUT2D eigenvalue weighted by Gasteiger charge is 2.29. The number of carbonyl (C=O) groups excluding carboxylic acids is 1. The molecule has 1 heterocycles. The molecule has 0 aliphatic carbocycles. The van der Waals surface area contributed by atoms with E-state index in [0.717, 1.165) is 31.6 Å². The van der Waals surface area contributed by atoms with Gasteiger partial charge in [0.05, 0.1) is 11.8 Å². The molecule has 5 nitrogen and oxygen atoms in total. The Bertz CT molecular complexity index is 317. The number of carbonyl (C=O) groups is 1. The maximum Gasteiger partial charge on any atom is 0.237 e. The predicted octanol–water partition coefficient (Wildman–Crippen LogP) is 1.46. The van der Waals surface area contributed by atoms with E-state index in [0.29, 0.717) is 0 Å². The summed E-state index contributed by atoms with van der Waals surface area (Å²) in [4.78, 5) is 14.2. The normalized spacial score (nSPS) is 26.9. The molecule has 0 aromatic rings. The Morgan fingerprint density at radius 3 is 2.78 bits per heavy atom. The highest BCUT2D eigenvalue weighted by molar-refractivity contribution is 5.87. The molecule has 1 rings (SSSR count). The van der Waals surface area contributed by atoms with Gasteiger partial charge in [-0.25, -0.2) is 0 Å². The fourth-order valence-corrected chi connectivity index (χ4v) is 2.18. The Labute approximate surface area is 109 Å². The molecule has 0 bridgehead atoms. The number of amides is 1. The molecule has 18 heavy (non-hydrogen) atoms. The largest absolute Gasteiger partial charge is 0.411 e. The van der Waals surface area contributed by atoms with E-state index in [9.17, 15) is 4.79 Å². The van der Waals surface area contributed by atoms with Crippen molar-refractivity contribution in [1.29, 1.82) is 0 Å². The molecule has 5 heteroatoms. The minimum absolute atomic E-state index is 0.0842. The van der Waals surface area contributed by atoms with Crippen LogP contribution in [0.15, 0.2) is 5.16 Å². The summed E-state index contributed by atoms with van der Waals surface area (Å²) in [6, 6.07) is 0.0958. The Kier molecular flexibility index (Phi) is 5.59. The molecule has 1 amide bonds. The summed E-state index contributed by atoms with van der Waals surface area (Å²) >= 11 is 0. The highest BCUT2D eigenvalue weighted by atomic mass is 16.4. The molecule has 0 saturated carbocycles. The Balaban J connectivity index is 2.53. The minimum Gasteiger partial charge on any atom is -0.411 e. The molecular weight excluding hydrogens is 230 g/mol. The average Bonchev–Trinajstić information content (AvgIpc) is 2.37. The van der Waals surface area contributed by atoms with Gasteiger partial charge in [-0.1, -0.05) is 19.0 Å². The van der Waals surface area contributed by atoms with Crippen molar-refractivity contribution < 1.29 is 10.0 Å². The third-order valence-electron chi connectivity index (χ3n) is 3.79. The number of nitrogens with one attached hydrogen (secondary N) is 1. The van der Waals surface area contributed by atoms with Crippen molar-refractivity contribution in [3.05, 3.63) is 0 Å². The minimum atomic E-state index is -0.123. The molecule has 104 valence electrons. The molecule has 1 aliphatic rings. The number of piperidine rings is 1. The van der Waals surface area contributed by atoms with Crippen LogP contribution in [0.3, 0.4) is 0 Å². The second-order valence-corrected chi connectivity index (χ2v) is 5.23. The summed E-state index contributed by atoms with van der Waals surface area (Å²) in [5.41, 5.74) is 0.834. The van der Waals surface area contributed by atoms with Crippen LogP contribution in [0.2, 0.25) is 0 Å². The summed E-state index contributed by atoms with van der Waals surface area (Å²) in [5.74, 6) is 0.295. The first-order chi connectivity index (χ1) is 8.49. The van der Waals surface area contributed by atoms with Crippen molar-refractivity contribution in [3.8, 4) is 0 Å². The molecule has 2 N–H and O–H groups in total. The molecular formula is C13H25N3O2. The van der Waals surface area contributed by atoms with Gasteiger partial charge >= 0.3 is 0 Å². The second kappa shape index (κ2) is 6.73. The lowest BCUT2D eigenvalue weighted by molar-refractivity contribution is -0.126. The van der Waals surface area contributed by atoms with Crippen LogP contribution in [-0.2, 0) is 4.79 Å². The fourth-order valence-electron chi connectivity index (χ4n) is 2.18. The van der Waals surface area contributed by atoms with Crippen LogP contribution in [-0.4, -0.2) is 46.9 Å². The summed E-state index contributed by atoms with van der Waals surface area (Å²) in [6.45, 7) is 9.59. The molecule has 3 atom stereocenters. The second-order valence-electron chi connectivity index (χ2n) is 5.23. The molecule has 0 radical (unpaired) electrons. The van der Waals surface area contributed by atoms with E-state index in [1.807, 2.05) is 20.8 Å². The van der Waals surface area contributed by atoms with Gasteiger partial charge in [0.15, 0.2) is 0 Å². The molecule has 1 fully saturated rings. The van der Waals surface area contributed by atoms with Crippen molar-refractivity contribution >= 4 is 11.6 Å². The summed E-state index contributed by atoms with van der Waals surface area (Å²) in [6.07, 6.45) is 1.68. The van der Waals surface area contributed by atoms with Crippen LogP contribution in [0.5, 0.6) is 0 Å². The van der Waals surface area contributed by atoms with Crippen LogP contribution in [0, 0.1) is 5.92 Å². The van der Waals surface area contributed by atoms with Gasteiger partial charge in [0.2, 0.25) is 5.91 Å². The number of rotatable bonds is 4. The predicted molar refractivity (Wildman–Crippen MR) is 71.9 cm³/mol. The Morgan fingerprint density at radius 2 is 2.28 bits per heavy atom. The standard InChI is InChI=1S/C13H25N3O2/c1-5-10(3)14-13(17)11(4)16-7-6-12(15-18)9(2)8-16/h9-11,18H,5-8H2,1-4H3,(H,14,17). The zero-order valence-corrected chi connectivity index (χ0v) is 11.8. The van der Waals surface area contributed by atoms with Crippen LogP contribution in [0.1, 0.15) is 40.5 Å². The van der Waals surface area contributed by atoms with Gasteiger partial charge in [0.25, 0.3) is 0 Å². The molecule has 0 aromatic carbocycles. The highest BCUT2D eigenvalue weighted by Crippen LogP contribution is 2.16. The van der Waals surface area contributed by atoms with E-state index in [4.69, 9.17) is 5.21 Å². The van der Waals surface area contributed by atoms with Crippen LogP contribution in [0.25, 0.3) is 0 Å². The van der Waals surface area contributed by atoms with E-state index < -0.39 is 0 Å². The van der Waals surface area contributed by atoms with Gasteiger partial charge < -0.3 is 10.5 Å². The van der Waals surface area contributed by atoms with Crippen LogP contribution >= 0.6 is 0 Å².